The predicted octanol–water partition coefficient (Wildman–Crippen LogP) is 0.512. The van der Waals surface area contributed by atoms with Gasteiger partial charge in [-0.2, -0.15) is 0 Å². The van der Waals surface area contributed by atoms with E-state index in [0.29, 0.717) is 5.92 Å². The number of hydrogen-bond acceptors (Lipinski definition) is 2. The fourth-order valence-corrected chi connectivity index (χ4v) is 2.60. The highest BCUT2D eigenvalue weighted by Gasteiger charge is 2.44. The first-order valence-electron chi connectivity index (χ1n) is 5.22. The fraction of sp³-hybridized carbons (Fsp3) is 0.900. The first-order valence-corrected chi connectivity index (χ1v) is 5.22. The van der Waals surface area contributed by atoms with Crippen molar-refractivity contribution in [2.75, 3.05) is 19.6 Å². The average molecular weight is 182 g/mol. The third kappa shape index (κ3) is 1.46. The molecule has 0 bridgehead atoms. The van der Waals surface area contributed by atoms with Crippen LogP contribution in [-0.2, 0) is 4.79 Å². The molecule has 1 amide bonds. The molecule has 2 saturated heterocycles. The van der Waals surface area contributed by atoms with Gasteiger partial charge in [0.05, 0.1) is 5.41 Å². The molecule has 2 rings (SSSR count). The largest absolute Gasteiger partial charge is 0.356 e. The van der Waals surface area contributed by atoms with Crippen LogP contribution in [0.25, 0.3) is 0 Å². The molecule has 2 heterocycles. The predicted molar refractivity (Wildman–Crippen MR) is 51.3 cm³/mol. The van der Waals surface area contributed by atoms with Gasteiger partial charge in [0.15, 0.2) is 0 Å². The number of piperidine rings is 1. The molecule has 2 fully saturated rings. The highest BCUT2D eigenvalue weighted by Crippen LogP contribution is 2.39. The molecule has 74 valence electrons. The molecule has 0 aromatic heterocycles. The van der Waals surface area contributed by atoms with E-state index >= 15 is 0 Å². The van der Waals surface area contributed by atoms with Crippen LogP contribution in [0.15, 0.2) is 0 Å². The molecule has 0 spiro atoms. The van der Waals surface area contributed by atoms with Gasteiger partial charge in [-0.05, 0) is 38.3 Å². The smallest absolute Gasteiger partial charge is 0.226 e. The van der Waals surface area contributed by atoms with E-state index in [1.165, 1.54) is 0 Å². The summed E-state index contributed by atoms with van der Waals surface area (Å²) in [5.74, 6) is 0.871. The van der Waals surface area contributed by atoms with Gasteiger partial charge in [0.25, 0.3) is 0 Å². The lowest BCUT2D eigenvalue weighted by Gasteiger charge is -2.34. The van der Waals surface area contributed by atoms with Gasteiger partial charge in [-0.25, -0.2) is 0 Å². The summed E-state index contributed by atoms with van der Waals surface area (Å²) >= 11 is 0. The second-order valence-electron chi connectivity index (χ2n) is 4.45. The maximum atomic E-state index is 11.7. The Labute approximate surface area is 79.3 Å². The summed E-state index contributed by atoms with van der Waals surface area (Å²) in [5, 5.41) is 6.29. The van der Waals surface area contributed by atoms with E-state index in [-0.39, 0.29) is 11.3 Å². The lowest BCUT2D eigenvalue weighted by atomic mass is 9.71. The molecule has 2 aliphatic rings. The van der Waals surface area contributed by atoms with Gasteiger partial charge in [-0.1, -0.05) is 6.92 Å². The second-order valence-corrected chi connectivity index (χ2v) is 4.45. The Morgan fingerprint density at radius 1 is 1.31 bits per heavy atom. The molecule has 2 aliphatic heterocycles. The van der Waals surface area contributed by atoms with Gasteiger partial charge in [0, 0.05) is 6.54 Å². The molecule has 0 aromatic carbocycles. The van der Waals surface area contributed by atoms with Crippen molar-refractivity contribution in [2.24, 2.45) is 11.3 Å². The zero-order chi connectivity index (χ0) is 9.31. The van der Waals surface area contributed by atoms with E-state index in [1.54, 1.807) is 0 Å². The summed E-state index contributed by atoms with van der Waals surface area (Å²) in [4.78, 5) is 11.7. The van der Waals surface area contributed by atoms with E-state index in [2.05, 4.69) is 17.6 Å². The van der Waals surface area contributed by atoms with Crippen LogP contribution in [0.2, 0.25) is 0 Å². The zero-order valence-electron chi connectivity index (χ0n) is 8.23. The fourth-order valence-electron chi connectivity index (χ4n) is 2.60. The van der Waals surface area contributed by atoms with Gasteiger partial charge in [-0.15, -0.1) is 0 Å². The number of nitrogens with one attached hydrogen (secondary N) is 2. The molecule has 0 aromatic rings. The van der Waals surface area contributed by atoms with E-state index in [9.17, 15) is 4.79 Å². The SMILES string of the molecule is CC1(C2CCNCC2)CCNC1=O. The molecule has 3 nitrogen and oxygen atoms in total. The maximum Gasteiger partial charge on any atom is 0.226 e. The van der Waals surface area contributed by atoms with Crippen molar-refractivity contribution < 1.29 is 4.79 Å². The zero-order valence-corrected chi connectivity index (χ0v) is 8.23. The van der Waals surface area contributed by atoms with Gasteiger partial charge in [0.2, 0.25) is 5.91 Å². The Bertz CT molecular complexity index is 211. The summed E-state index contributed by atoms with van der Waals surface area (Å²) < 4.78 is 0. The summed E-state index contributed by atoms with van der Waals surface area (Å²) in [6, 6.07) is 0. The minimum atomic E-state index is -0.0674. The molecule has 1 atom stereocenters. The van der Waals surface area contributed by atoms with E-state index in [1.807, 2.05) is 0 Å². The topological polar surface area (TPSA) is 41.1 Å². The Morgan fingerprint density at radius 3 is 2.54 bits per heavy atom. The quantitative estimate of drug-likeness (QED) is 0.620. The molecular weight excluding hydrogens is 164 g/mol. The van der Waals surface area contributed by atoms with Gasteiger partial charge in [-0.3, -0.25) is 4.79 Å². The molecule has 13 heavy (non-hydrogen) atoms. The second kappa shape index (κ2) is 3.29. The highest BCUT2D eigenvalue weighted by molar-refractivity contribution is 5.84. The number of carbonyl (C=O) groups excluding carboxylic acids is 1. The normalized spacial score (nSPS) is 36.2. The lowest BCUT2D eigenvalue weighted by Crippen LogP contribution is -2.41. The van der Waals surface area contributed by atoms with Gasteiger partial charge < -0.3 is 10.6 Å². The monoisotopic (exact) mass is 182 g/mol. The van der Waals surface area contributed by atoms with Crippen LogP contribution < -0.4 is 10.6 Å². The molecule has 3 heteroatoms. The molecule has 0 saturated carbocycles. The highest BCUT2D eigenvalue weighted by atomic mass is 16.2. The van der Waals surface area contributed by atoms with Crippen LogP contribution in [0, 0.1) is 11.3 Å². The Balaban J connectivity index is 2.08. The summed E-state index contributed by atoms with van der Waals surface area (Å²) in [6.45, 7) is 5.16. The summed E-state index contributed by atoms with van der Waals surface area (Å²) in [6.07, 6.45) is 3.34. The summed E-state index contributed by atoms with van der Waals surface area (Å²) in [5.41, 5.74) is -0.0674. The number of rotatable bonds is 1. The molecule has 2 N–H and O–H groups in total. The van der Waals surface area contributed by atoms with Crippen LogP contribution >= 0.6 is 0 Å². The van der Waals surface area contributed by atoms with Crippen LogP contribution in [0.1, 0.15) is 26.2 Å². The van der Waals surface area contributed by atoms with Crippen LogP contribution in [-0.4, -0.2) is 25.5 Å². The first-order chi connectivity index (χ1) is 6.23. The van der Waals surface area contributed by atoms with E-state index < -0.39 is 0 Å². The third-order valence-corrected chi connectivity index (χ3v) is 3.69. The maximum absolute atomic E-state index is 11.7. The van der Waals surface area contributed by atoms with Crippen molar-refractivity contribution in [1.82, 2.24) is 10.6 Å². The van der Waals surface area contributed by atoms with E-state index in [0.717, 1.165) is 38.9 Å². The Morgan fingerprint density at radius 2 is 2.00 bits per heavy atom. The summed E-state index contributed by atoms with van der Waals surface area (Å²) in [7, 11) is 0. The van der Waals surface area contributed by atoms with Crippen molar-refractivity contribution >= 4 is 5.91 Å². The van der Waals surface area contributed by atoms with Crippen LogP contribution in [0.3, 0.4) is 0 Å². The number of amides is 1. The van der Waals surface area contributed by atoms with E-state index in [4.69, 9.17) is 0 Å². The minimum absolute atomic E-state index is 0.0674. The minimum Gasteiger partial charge on any atom is -0.356 e. The Kier molecular flexibility index (Phi) is 2.28. The number of hydrogen-bond donors (Lipinski definition) is 2. The van der Waals surface area contributed by atoms with Crippen LogP contribution in [0.4, 0.5) is 0 Å². The molecular formula is C10H18N2O. The van der Waals surface area contributed by atoms with Crippen molar-refractivity contribution in [3.63, 3.8) is 0 Å². The number of carbonyl (C=O) groups is 1. The molecule has 0 radical (unpaired) electrons. The van der Waals surface area contributed by atoms with Crippen LogP contribution in [0.5, 0.6) is 0 Å². The molecule has 0 aliphatic carbocycles. The van der Waals surface area contributed by atoms with Gasteiger partial charge >= 0.3 is 0 Å². The first kappa shape index (κ1) is 9.00. The Hall–Kier alpha value is -0.570. The average Bonchev–Trinajstić information content (AvgIpc) is 2.50. The third-order valence-electron chi connectivity index (χ3n) is 3.69. The van der Waals surface area contributed by atoms with Crippen molar-refractivity contribution in [3.8, 4) is 0 Å². The van der Waals surface area contributed by atoms with Crippen molar-refractivity contribution in [3.05, 3.63) is 0 Å². The van der Waals surface area contributed by atoms with Crippen molar-refractivity contribution in [2.45, 2.75) is 26.2 Å². The molecule has 1 unspecified atom stereocenters. The van der Waals surface area contributed by atoms with Gasteiger partial charge in [0.1, 0.15) is 0 Å². The van der Waals surface area contributed by atoms with Crippen molar-refractivity contribution in [1.29, 1.82) is 0 Å². The standard InChI is InChI=1S/C10H18N2O/c1-10(4-7-12-9(10)13)8-2-5-11-6-3-8/h8,11H,2-7H2,1H3,(H,12,13). The lowest BCUT2D eigenvalue weighted by molar-refractivity contribution is -0.129.